The van der Waals surface area contributed by atoms with Crippen LogP contribution in [-0.2, 0) is 13.1 Å². The van der Waals surface area contributed by atoms with Crippen molar-refractivity contribution in [2.75, 3.05) is 17.2 Å². The van der Waals surface area contributed by atoms with Crippen molar-refractivity contribution < 1.29 is 9.31 Å². The highest BCUT2D eigenvalue weighted by molar-refractivity contribution is 5.69. The molecular weight excluding hydrogens is 353 g/mol. The number of nitrogens with zero attached hydrogens (tertiary/aromatic N) is 5. The van der Waals surface area contributed by atoms with Crippen molar-refractivity contribution in [1.82, 2.24) is 19.5 Å². The first-order valence-corrected chi connectivity index (χ1v) is 8.31. The molecule has 0 aliphatic carbocycles. The Labute approximate surface area is 154 Å². The van der Waals surface area contributed by atoms with Crippen molar-refractivity contribution in [3.8, 4) is 0 Å². The fraction of sp³-hybridized carbons (Fsp3) is 0.235. The number of hydrogen-bond acceptors (Lipinski definition) is 7. The molecule has 0 amide bonds. The van der Waals surface area contributed by atoms with E-state index in [1.54, 1.807) is 24.7 Å². The van der Waals surface area contributed by atoms with Gasteiger partial charge in [0.2, 0.25) is 11.6 Å². The van der Waals surface area contributed by atoms with Gasteiger partial charge in [-0.15, -0.1) is 0 Å². The Balaban J connectivity index is 1.64. The second kappa shape index (κ2) is 8.70. The van der Waals surface area contributed by atoms with Crippen LogP contribution in [0.2, 0.25) is 0 Å². The van der Waals surface area contributed by atoms with E-state index in [1.807, 2.05) is 10.8 Å². The Morgan fingerprint density at radius 3 is 2.56 bits per heavy atom. The second-order valence-electron chi connectivity index (χ2n) is 5.74. The van der Waals surface area contributed by atoms with Crippen LogP contribution in [0.3, 0.4) is 0 Å². The van der Waals surface area contributed by atoms with Gasteiger partial charge in [-0.05, 0) is 24.1 Å². The van der Waals surface area contributed by atoms with E-state index in [-0.39, 0.29) is 29.7 Å². The molecule has 140 valence electrons. The topological polar surface area (TPSA) is 111 Å². The van der Waals surface area contributed by atoms with Gasteiger partial charge < -0.3 is 15.2 Å². The van der Waals surface area contributed by atoms with E-state index in [2.05, 4.69) is 25.6 Å². The van der Waals surface area contributed by atoms with E-state index in [0.29, 0.717) is 6.54 Å². The zero-order valence-corrected chi connectivity index (χ0v) is 14.4. The van der Waals surface area contributed by atoms with Gasteiger partial charge in [0.15, 0.2) is 0 Å². The van der Waals surface area contributed by atoms with Crippen LogP contribution >= 0.6 is 0 Å². The standard InChI is InChI=1S/C17H18FN7O2/c18-14-4-2-13(3-5-14)10-21-17-15(25(26)27)16(22-11-23-17)20-6-1-8-24-9-7-19-12-24/h2-5,7,9,11-12H,1,6,8,10H2,(H2,20,21,22,23). The van der Waals surface area contributed by atoms with Crippen molar-refractivity contribution in [2.24, 2.45) is 0 Å². The van der Waals surface area contributed by atoms with Crippen molar-refractivity contribution in [1.29, 1.82) is 0 Å². The van der Waals surface area contributed by atoms with Crippen LogP contribution < -0.4 is 10.6 Å². The van der Waals surface area contributed by atoms with Gasteiger partial charge in [0.25, 0.3) is 0 Å². The Hall–Kier alpha value is -3.56. The van der Waals surface area contributed by atoms with Gasteiger partial charge in [0.05, 0.1) is 11.3 Å². The van der Waals surface area contributed by atoms with Crippen LogP contribution in [0.5, 0.6) is 0 Å². The fourth-order valence-corrected chi connectivity index (χ4v) is 2.49. The summed E-state index contributed by atoms with van der Waals surface area (Å²) in [5.74, 6) is -0.0763. The molecule has 2 aromatic heterocycles. The van der Waals surface area contributed by atoms with Crippen LogP contribution in [0.4, 0.5) is 21.7 Å². The molecule has 3 aromatic rings. The average Bonchev–Trinajstić information content (AvgIpc) is 3.18. The molecular formula is C17H18FN7O2. The summed E-state index contributed by atoms with van der Waals surface area (Å²) in [5.41, 5.74) is 0.557. The quantitative estimate of drug-likeness (QED) is 0.338. The minimum absolute atomic E-state index is 0.108. The molecule has 3 rings (SSSR count). The smallest absolute Gasteiger partial charge is 0.353 e. The molecule has 0 spiro atoms. The normalized spacial score (nSPS) is 10.6. The predicted molar refractivity (Wildman–Crippen MR) is 97.7 cm³/mol. The van der Waals surface area contributed by atoms with Crippen molar-refractivity contribution in [2.45, 2.75) is 19.5 Å². The molecule has 0 aliphatic heterocycles. The van der Waals surface area contributed by atoms with Crippen LogP contribution in [0.25, 0.3) is 0 Å². The molecule has 0 fully saturated rings. The van der Waals surface area contributed by atoms with Crippen molar-refractivity contribution >= 4 is 17.3 Å². The van der Waals surface area contributed by atoms with E-state index >= 15 is 0 Å². The number of halogens is 1. The fourth-order valence-electron chi connectivity index (χ4n) is 2.49. The summed E-state index contributed by atoms with van der Waals surface area (Å²) in [6.07, 6.45) is 7.27. The Bertz CT molecular complexity index is 885. The number of imidazole rings is 1. The van der Waals surface area contributed by atoms with Crippen LogP contribution in [0.1, 0.15) is 12.0 Å². The van der Waals surface area contributed by atoms with Crippen molar-refractivity contribution in [3.05, 3.63) is 70.8 Å². The van der Waals surface area contributed by atoms with E-state index in [9.17, 15) is 14.5 Å². The van der Waals surface area contributed by atoms with Gasteiger partial charge in [0, 0.05) is 32.0 Å². The summed E-state index contributed by atoms with van der Waals surface area (Å²) < 4.78 is 14.9. The number of hydrogen-bond donors (Lipinski definition) is 2. The van der Waals surface area contributed by atoms with E-state index in [4.69, 9.17) is 0 Å². The average molecular weight is 371 g/mol. The molecule has 2 N–H and O–H groups in total. The summed E-state index contributed by atoms with van der Waals surface area (Å²) in [6.45, 7) is 1.52. The zero-order chi connectivity index (χ0) is 19.1. The molecule has 1 aromatic carbocycles. The molecule has 0 unspecified atom stereocenters. The van der Waals surface area contributed by atoms with Gasteiger partial charge in [-0.3, -0.25) is 10.1 Å². The Kier molecular flexibility index (Phi) is 5.87. The summed E-state index contributed by atoms with van der Waals surface area (Å²) in [4.78, 5) is 22.9. The molecule has 0 saturated carbocycles. The molecule has 0 aliphatic rings. The maximum absolute atomic E-state index is 13.0. The molecule has 10 heteroatoms. The molecule has 27 heavy (non-hydrogen) atoms. The highest BCUT2D eigenvalue weighted by Gasteiger charge is 2.22. The summed E-state index contributed by atoms with van der Waals surface area (Å²) >= 11 is 0. The highest BCUT2D eigenvalue weighted by atomic mass is 19.1. The van der Waals surface area contributed by atoms with E-state index in [0.717, 1.165) is 18.5 Å². The highest BCUT2D eigenvalue weighted by Crippen LogP contribution is 2.29. The molecule has 2 heterocycles. The van der Waals surface area contributed by atoms with Crippen molar-refractivity contribution in [3.63, 3.8) is 0 Å². The Morgan fingerprint density at radius 1 is 1.15 bits per heavy atom. The third kappa shape index (κ3) is 4.97. The third-order valence-electron chi connectivity index (χ3n) is 3.82. The maximum atomic E-state index is 13.0. The molecule has 0 atom stereocenters. The number of aromatic nitrogens is 4. The van der Waals surface area contributed by atoms with Gasteiger partial charge in [0.1, 0.15) is 12.1 Å². The lowest BCUT2D eigenvalue weighted by Gasteiger charge is -2.10. The van der Waals surface area contributed by atoms with Gasteiger partial charge in [-0.25, -0.2) is 19.3 Å². The second-order valence-corrected chi connectivity index (χ2v) is 5.74. The molecule has 0 bridgehead atoms. The van der Waals surface area contributed by atoms with E-state index in [1.165, 1.54) is 18.5 Å². The first-order chi connectivity index (χ1) is 13.1. The minimum Gasteiger partial charge on any atom is -0.364 e. The monoisotopic (exact) mass is 371 g/mol. The molecule has 0 radical (unpaired) electrons. The number of benzene rings is 1. The van der Waals surface area contributed by atoms with Crippen LogP contribution in [-0.4, -0.2) is 31.0 Å². The van der Waals surface area contributed by atoms with Crippen LogP contribution in [0.15, 0.2) is 49.3 Å². The number of nitrogens with one attached hydrogen (secondary N) is 2. The zero-order valence-electron chi connectivity index (χ0n) is 14.4. The number of aryl methyl sites for hydroxylation is 1. The number of nitro groups is 1. The third-order valence-corrected chi connectivity index (χ3v) is 3.82. The molecule has 0 saturated heterocycles. The number of rotatable bonds is 9. The van der Waals surface area contributed by atoms with Crippen LogP contribution in [0, 0.1) is 15.9 Å². The Morgan fingerprint density at radius 2 is 1.89 bits per heavy atom. The van der Waals surface area contributed by atoms with Gasteiger partial charge >= 0.3 is 5.69 Å². The largest absolute Gasteiger partial charge is 0.364 e. The van der Waals surface area contributed by atoms with Gasteiger partial charge in [-0.2, -0.15) is 0 Å². The summed E-state index contributed by atoms with van der Waals surface area (Å²) in [6, 6.07) is 5.87. The maximum Gasteiger partial charge on any atom is 0.353 e. The predicted octanol–water partition coefficient (Wildman–Crippen LogP) is 2.83. The lowest BCUT2D eigenvalue weighted by atomic mass is 10.2. The summed E-state index contributed by atoms with van der Waals surface area (Å²) in [7, 11) is 0. The van der Waals surface area contributed by atoms with Gasteiger partial charge in [-0.1, -0.05) is 12.1 Å². The minimum atomic E-state index is -0.523. The first-order valence-electron chi connectivity index (χ1n) is 8.31. The lowest BCUT2D eigenvalue weighted by molar-refractivity contribution is -0.383. The molecule has 9 nitrogen and oxygen atoms in total. The first kappa shape index (κ1) is 18.2. The summed E-state index contributed by atoms with van der Waals surface area (Å²) in [5, 5.41) is 17.4. The SMILES string of the molecule is O=[N+]([O-])c1c(NCCCn2ccnc2)ncnc1NCc1ccc(F)cc1. The van der Waals surface area contributed by atoms with E-state index < -0.39 is 4.92 Å². The number of anilines is 2. The lowest BCUT2D eigenvalue weighted by Crippen LogP contribution is -2.12.